The Labute approximate surface area is 150 Å². The monoisotopic (exact) mass is 346 g/mol. The molecule has 0 bridgehead atoms. The van der Waals surface area contributed by atoms with Crippen LogP contribution in [0, 0.1) is 5.92 Å². The number of nitrogens with one attached hydrogen (secondary N) is 1. The number of piperidine rings is 1. The molecule has 1 aromatic rings. The molecule has 5 heteroatoms. The van der Waals surface area contributed by atoms with Crippen molar-refractivity contribution in [3.05, 3.63) is 35.9 Å². The van der Waals surface area contributed by atoms with Crippen LogP contribution in [0.3, 0.4) is 0 Å². The van der Waals surface area contributed by atoms with Crippen LogP contribution in [0.2, 0.25) is 0 Å². The van der Waals surface area contributed by atoms with Crippen molar-refractivity contribution in [2.45, 2.75) is 31.1 Å². The zero-order chi connectivity index (χ0) is 17.5. The number of rotatable bonds is 6. The number of nitrogens with zero attached hydrogens (tertiary/aromatic N) is 1. The van der Waals surface area contributed by atoms with Crippen molar-refractivity contribution in [2.24, 2.45) is 5.92 Å². The highest BCUT2D eigenvalue weighted by atomic mass is 16.5. The molecule has 2 aliphatic rings. The zero-order valence-electron chi connectivity index (χ0n) is 15.0. The number of carbonyl (C=O) groups is 1. The maximum Gasteiger partial charge on any atom is 0.234 e. The van der Waals surface area contributed by atoms with Crippen LogP contribution in [-0.2, 0) is 14.9 Å². The second-order valence-electron chi connectivity index (χ2n) is 7.46. The number of benzene rings is 1. The van der Waals surface area contributed by atoms with Crippen LogP contribution < -0.4 is 5.32 Å². The molecule has 3 rings (SSSR count). The second kappa shape index (κ2) is 8.79. The fraction of sp³-hybridized carbons (Fsp3) is 0.650. The molecule has 5 nitrogen and oxygen atoms in total. The van der Waals surface area contributed by atoms with Crippen LogP contribution in [0.25, 0.3) is 0 Å². The third-order valence-corrected chi connectivity index (χ3v) is 5.69. The molecular formula is C20H30N2O3. The first-order chi connectivity index (χ1) is 12.2. The molecule has 1 unspecified atom stereocenters. The SMILES string of the molecule is O=C(CN1CCCC(CO)C1)NCC1(c2ccccc2)CCOCC1. The van der Waals surface area contributed by atoms with Crippen LogP contribution in [0.15, 0.2) is 30.3 Å². The molecule has 2 N–H and O–H groups in total. The molecule has 1 aromatic carbocycles. The van der Waals surface area contributed by atoms with E-state index in [4.69, 9.17) is 4.74 Å². The Morgan fingerprint density at radius 3 is 2.76 bits per heavy atom. The Balaban J connectivity index is 1.57. The summed E-state index contributed by atoms with van der Waals surface area (Å²) in [5.74, 6) is 0.396. The third kappa shape index (κ3) is 4.81. The average molecular weight is 346 g/mol. The van der Waals surface area contributed by atoms with Gasteiger partial charge in [0.05, 0.1) is 6.54 Å². The van der Waals surface area contributed by atoms with Crippen LogP contribution in [-0.4, -0.2) is 61.9 Å². The molecule has 2 fully saturated rings. The summed E-state index contributed by atoms with van der Waals surface area (Å²) in [6, 6.07) is 10.5. The smallest absolute Gasteiger partial charge is 0.234 e. The van der Waals surface area contributed by atoms with Gasteiger partial charge in [0.15, 0.2) is 0 Å². The fourth-order valence-electron chi connectivity index (χ4n) is 4.09. The van der Waals surface area contributed by atoms with Gasteiger partial charge in [-0.2, -0.15) is 0 Å². The van der Waals surface area contributed by atoms with E-state index in [0.29, 0.717) is 19.0 Å². The first kappa shape index (κ1) is 18.4. The van der Waals surface area contributed by atoms with E-state index in [9.17, 15) is 9.90 Å². The highest BCUT2D eigenvalue weighted by Crippen LogP contribution is 2.34. The molecule has 2 heterocycles. The van der Waals surface area contributed by atoms with E-state index in [1.165, 1.54) is 5.56 Å². The van der Waals surface area contributed by atoms with Gasteiger partial charge in [-0.3, -0.25) is 9.69 Å². The standard InChI is InChI=1S/C20H30N2O3/c23-15-17-5-4-10-22(13-17)14-19(24)21-16-20(8-11-25-12-9-20)18-6-2-1-3-7-18/h1-3,6-7,17,23H,4-5,8-16H2,(H,21,24). The van der Waals surface area contributed by atoms with Gasteiger partial charge >= 0.3 is 0 Å². The maximum atomic E-state index is 12.5. The predicted octanol–water partition coefficient (Wildman–Crippen LogP) is 1.56. The zero-order valence-corrected chi connectivity index (χ0v) is 15.0. The molecule has 1 amide bonds. The summed E-state index contributed by atoms with van der Waals surface area (Å²) >= 11 is 0. The van der Waals surface area contributed by atoms with Crippen molar-refractivity contribution in [1.29, 1.82) is 0 Å². The molecule has 138 valence electrons. The van der Waals surface area contributed by atoms with Gasteiger partial charge in [-0.25, -0.2) is 0 Å². The summed E-state index contributed by atoms with van der Waals surface area (Å²) in [6.45, 7) is 4.57. The molecule has 0 spiro atoms. The quantitative estimate of drug-likeness (QED) is 0.821. The summed E-state index contributed by atoms with van der Waals surface area (Å²) in [7, 11) is 0. The van der Waals surface area contributed by atoms with Crippen molar-refractivity contribution in [3.63, 3.8) is 0 Å². The van der Waals surface area contributed by atoms with Gasteiger partial charge in [-0.1, -0.05) is 30.3 Å². The molecular weight excluding hydrogens is 316 g/mol. The number of aliphatic hydroxyl groups excluding tert-OH is 1. The van der Waals surface area contributed by atoms with E-state index < -0.39 is 0 Å². The normalized spacial score (nSPS) is 24.0. The Kier molecular flexibility index (Phi) is 6.45. The van der Waals surface area contributed by atoms with Crippen molar-refractivity contribution >= 4 is 5.91 Å². The molecule has 0 saturated carbocycles. The minimum absolute atomic E-state index is 0.0231. The number of hydrogen-bond donors (Lipinski definition) is 2. The topological polar surface area (TPSA) is 61.8 Å². The van der Waals surface area contributed by atoms with Gasteiger partial charge in [0.1, 0.15) is 0 Å². The van der Waals surface area contributed by atoms with Crippen LogP contribution in [0.4, 0.5) is 0 Å². The number of amides is 1. The van der Waals surface area contributed by atoms with Crippen molar-refractivity contribution in [1.82, 2.24) is 10.2 Å². The average Bonchev–Trinajstić information content (AvgIpc) is 2.68. The van der Waals surface area contributed by atoms with Gasteiger partial charge in [0.2, 0.25) is 5.91 Å². The number of hydrogen-bond acceptors (Lipinski definition) is 4. The molecule has 0 aromatic heterocycles. The fourth-order valence-corrected chi connectivity index (χ4v) is 4.09. The lowest BCUT2D eigenvalue weighted by Crippen LogP contribution is -2.48. The highest BCUT2D eigenvalue weighted by molar-refractivity contribution is 5.78. The van der Waals surface area contributed by atoms with E-state index in [-0.39, 0.29) is 17.9 Å². The third-order valence-electron chi connectivity index (χ3n) is 5.69. The Bertz CT molecular complexity index is 543. The first-order valence-electron chi connectivity index (χ1n) is 9.45. The number of carbonyl (C=O) groups excluding carboxylic acids is 1. The molecule has 1 atom stereocenters. The number of ether oxygens (including phenoxy) is 1. The van der Waals surface area contributed by atoms with E-state index in [0.717, 1.165) is 52.0 Å². The lowest BCUT2D eigenvalue weighted by atomic mass is 9.74. The summed E-state index contributed by atoms with van der Waals surface area (Å²) in [6.07, 6.45) is 4.00. The minimum atomic E-state index is -0.0231. The van der Waals surface area contributed by atoms with Crippen molar-refractivity contribution < 1.29 is 14.6 Å². The van der Waals surface area contributed by atoms with Gasteiger partial charge in [0.25, 0.3) is 0 Å². The minimum Gasteiger partial charge on any atom is -0.396 e. The predicted molar refractivity (Wildman–Crippen MR) is 97.4 cm³/mol. The second-order valence-corrected chi connectivity index (χ2v) is 7.46. The van der Waals surface area contributed by atoms with Crippen LogP contribution >= 0.6 is 0 Å². The lowest BCUT2D eigenvalue weighted by Gasteiger charge is -2.38. The van der Waals surface area contributed by atoms with E-state index in [1.54, 1.807) is 0 Å². The summed E-state index contributed by atoms with van der Waals surface area (Å²) in [5.41, 5.74) is 1.27. The molecule has 25 heavy (non-hydrogen) atoms. The Morgan fingerprint density at radius 1 is 1.28 bits per heavy atom. The molecule has 0 aliphatic carbocycles. The number of likely N-dealkylation sites (tertiary alicyclic amines) is 1. The van der Waals surface area contributed by atoms with Gasteiger partial charge in [-0.05, 0) is 43.7 Å². The number of aliphatic hydroxyl groups is 1. The van der Waals surface area contributed by atoms with Gasteiger partial charge in [-0.15, -0.1) is 0 Å². The van der Waals surface area contributed by atoms with E-state index >= 15 is 0 Å². The first-order valence-corrected chi connectivity index (χ1v) is 9.45. The van der Waals surface area contributed by atoms with Gasteiger partial charge in [0, 0.05) is 38.3 Å². The largest absolute Gasteiger partial charge is 0.396 e. The lowest BCUT2D eigenvalue weighted by molar-refractivity contribution is -0.123. The van der Waals surface area contributed by atoms with E-state index in [2.05, 4.69) is 34.5 Å². The molecule has 2 saturated heterocycles. The van der Waals surface area contributed by atoms with Crippen LogP contribution in [0.1, 0.15) is 31.2 Å². The highest BCUT2D eigenvalue weighted by Gasteiger charge is 2.34. The summed E-state index contributed by atoms with van der Waals surface area (Å²) < 4.78 is 5.55. The Morgan fingerprint density at radius 2 is 2.04 bits per heavy atom. The van der Waals surface area contributed by atoms with E-state index in [1.807, 2.05) is 6.07 Å². The molecule has 0 radical (unpaired) electrons. The maximum absolute atomic E-state index is 12.5. The Hall–Kier alpha value is -1.43. The van der Waals surface area contributed by atoms with Gasteiger partial charge < -0.3 is 15.2 Å². The summed E-state index contributed by atoms with van der Waals surface area (Å²) in [4.78, 5) is 14.6. The van der Waals surface area contributed by atoms with Crippen molar-refractivity contribution in [2.75, 3.05) is 46.0 Å². The summed E-state index contributed by atoms with van der Waals surface area (Å²) in [5, 5.41) is 12.5. The van der Waals surface area contributed by atoms with Crippen molar-refractivity contribution in [3.8, 4) is 0 Å². The molecule has 2 aliphatic heterocycles. The van der Waals surface area contributed by atoms with Crippen LogP contribution in [0.5, 0.6) is 0 Å².